The minimum Gasteiger partial charge on any atom is -0.368 e. The number of halogens is 1. The van der Waals surface area contributed by atoms with Crippen LogP contribution in [-0.4, -0.2) is 24.5 Å². The Morgan fingerprint density at radius 1 is 1.55 bits per heavy atom. The van der Waals surface area contributed by atoms with Crippen LogP contribution in [-0.2, 0) is 11.3 Å². The van der Waals surface area contributed by atoms with Crippen LogP contribution in [0.15, 0.2) is 22.7 Å². The first-order valence-electron chi connectivity index (χ1n) is 7.07. The lowest BCUT2D eigenvalue weighted by molar-refractivity contribution is -0.119. The Hall–Kier alpha value is -1.07. The number of carbonyl (C=O) groups excluding carboxylic acids is 1. The molecule has 3 N–H and O–H groups in total. The monoisotopic (exact) mass is 339 g/mol. The average Bonchev–Trinajstić information content (AvgIpc) is 2.85. The van der Waals surface area contributed by atoms with E-state index < -0.39 is 0 Å². The topological polar surface area (TPSA) is 58.4 Å². The van der Waals surface area contributed by atoms with Crippen LogP contribution < -0.4 is 16.0 Å². The fourth-order valence-corrected chi connectivity index (χ4v) is 3.05. The zero-order valence-electron chi connectivity index (χ0n) is 12.0. The highest BCUT2D eigenvalue weighted by Gasteiger charge is 2.30. The van der Waals surface area contributed by atoms with Crippen molar-refractivity contribution in [2.45, 2.75) is 45.3 Å². The zero-order chi connectivity index (χ0) is 14.7. The summed E-state index contributed by atoms with van der Waals surface area (Å²) in [6, 6.07) is 6.45. The van der Waals surface area contributed by atoms with Crippen molar-refractivity contribution in [3.63, 3.8) is 0 Å². The van der Waals surface area contributed by atoms with Gasteiger partial charge in [0.1, 0.15) is 6.04 Å². The van der Waals surface area contributed by atoms with Crippen LogP contribution in [0.1, 0.15) is 32.3 Å². The summed E-state index contributed by atoms with van der Waals surface area (Å²) in [6.45, 7) is 5.93. The number of amides is 1. The van der Waals surface area contributed by atoms with Crippen LogP contribution in [0.25, 0.3) is 0 Å². The van der Waals surface area contributed by atoms with Crippen LogP contribution in [0.2, 0.25) is 0 Å². The molecule has 20 heavy (non-hydrogen) atoms. The predicted molar refractivity (Wildman–Crippen MR) is 85.7 cm³/mol. The van der Waals surface area contributed by atoms with Gasteiger partial charge in [0.25, 0.3) is 0 Å². The van der Waals surface area contributed by atoms with E-state index >= 15 is 0 Å². The third-order valence-corrected chi connectivity index (χ3v) is 4.13. The molecule has 1 fully saturated rings. The number of rotatable bonds is 5. The quantitative estimate of drug-likeness (QED) is 0.865. The number of carbonyl (C=O) groups is 1. The van der Waals surface area contributed by atoms with Gasteiger partial charge < -0.3 is 16.0 Å². The molecule has 0 spiro atoms. The molecule has 1 aromatic rings. The second-order valence-electron chi connectivity index (χ2n) is 5.56. The number of primary amides is 1. The van der Waals surface area contributed by atoms with E-state index in [1.54, 1.807) is 0 Å². The molecule has 1 aliphatic heterocycles. The van der Waals surface area contributed by atoms with Gasteiger partial charge in [0.15, 0.2) is 0 Å². The number of nitrogens with two attached hydrogens (primary N) is 1. The molecule has 4 nitrogen and oxygen atoms in total. The Labute approximate surface area is 128 Å². The predicted octanol–water partition coefficient (Wildman–Crippen LogP) is 2.40. The number of benzene rings is 1. The van der Waals surface area contributed by atoms with E-state index in [1.807, 2.05) is 6.07 Å². The highest BCUT2D eigenvalue weighted by atomic mass is 79.9. The average molecular weight is 340 g/mol. The van der Waals surface area contributed by atoms with Gasteiger partial charge in [0.05, 0.1) is 0 Å². The first kappa shape index (κ1) is 15.3. The van der Waals surface area contributed by atoms with E-state index in [0.29, 0.717) is 6.04 Å². The normalized spacial score (nSPS) is 18.8. The minimum absolute atomic E-state index is 0.172. The maximum Gasteiger partial charge on any atom is 0.240 e. The van der Waals surface area contributed by atoms with Gasteiger partial charge in [-0.15, -0.1) is 0 Å². The molecule has 1 unspecified atom stereocenters. The number of nitrogens with zero attached hydrogens (tertiary/aromatic N) is 1. The van der Waals surface area contributed by atoms with Crippen molar-refractivity contribution in [2.24, 2.45) is 5.73 Å². The van der Waals surface area contributed by atoms with Gasteiger partial charge >= 0.3 is 0 Å². The van der Waals surface area contributed by atoms with Crippen molar-refractivity contribution >= 4 is 27.5 Å². The van der Waals surface area contributed by atoms with Gasteiger partial charge in [-0.1, -0.05) is 29.8 Å². The summed E-state index contributed by atoms with van der Waals surface area (Å²) in [4.78, 5) is 13.7. The third kappa shape index (κ3) is 3.52. The van der Waals surface area contributed by atoms with Crippen molar-refractivity contribution in [3.8, 4) is 0 Å². The van der Waals surface area contributed by atoms with Gasteiger partial charge in [0, 0.05) is 29.3 Å². The molecule has 1 heterocycles. The standard InChI is InChI=1S/C15H22BrN3O/c1-10(2)18-9-11-8-12(16)5-6-13(11)19-7-3-4-14(19)15(17)20/h5-6,8,10,14,18H,3-4,7,9H2,1-2H3,(H2,17,20). The van der Waals surface area contributed by atoms with Crippen LogP contribution in [0.4, 0.5) is 5.69 Å². The molecule has 110 valence electrons. The molecule has 0 aliphatic carbocycles. The summed E-state index contributed by atoms with van der Waals surface area (Å²) in [6.07, 6.45) is 1.86. The van der Waals surface area contributed by atoms with Gasteiger partial charge in [-0.3, -0.25) is 4.79 Å². The summed E-state index contributed by atoms with van der Waals surface area (Å²) in [7, 11) is 0. The lowest BCUT2D eigenvalue weighted by Gasteiger charge is -2.27. The highest BCUT2D eigenvalue weighted by Crippen LogP contribution is 2.30. The number of nitrogens with one attached hydrogen (secondary N) is 1. The molecule has 1 saturated heterocycles. The van der Waals surface area contributed by atoms with E-state index in [0.717, 1.165) is 36.1 Å². The maximum absolute atomic E-state index is 11.6. The van der Waals surface area contributed by atoms with E-state index in [4.69, 9.17) is 5.73 Å². The fraction of sp³-hybridized carbons (Fsp3) is 0.533. The molecule has 0 saturated carbocycles. The fourth-order valence-electron chi connectivity index (χ4n) is 2.64. The first-order valence-corrected chi connectivity index (χ1v) is 7.86. The third-order valence-electron chi connectivity index (χ3n) is 3.63. The van der Waals surface area contributed by atoms with Crippen molar-refractivity contribution in [3.05, 3.63) is 28.2 Å². The van der Waals surface area contributed by atoms with Crippen molar-refractivity contribution < 1.29 is 4.79 Å². The van der Waals surface area contributed by atoms with Gasteiger partial charge in [-0.05, 0) is 36.6 Å². The number of anilines is 1. The van der Waals surface area contributed by atoms with Crippen LogP contribution in [0.3, 0.4) is 0 Å². The Morgan fingerprint density at radius 3 is 2.95 bits per heavy atom. The van der Waals surface area contributed by atoms with Crippen molar-refractivity contribution in [1.29, 1.82) is 0 Å². The molecule has 5 heteroatoms. The Bertz CT molecular complexity index is 490. The van der Waals surface area contributed by atoms with Gasteiger partial charge in [-0.25, -0.2) is 0 Å². The Balaban J connectivity index is 2.27. The van der Waals surface area contributed by atoms with E-state index in [1.165, 1.54) is 5.56 Å². The summed E-state index contributed by atoms with van der Waals surface area (Å²) in [5.74, 6) is -0.229. The van der Waals surface area contributed by atoms with Crippen LogP contribution in [0.5, 0.6) is 0 Å². The Morgan fingerprint density at radius 2 is 2.30 bits per heavy atom. The first-order chi connectivity index (χ1) is 9.49. The van der Waals surface area contributed by atoms with E-state index in [2.05, 4.69) is 52.1 Å². The molecular formula is C15H22BrN3O. The molecule has 1 amide bonds. The zero-order valence-corrected chi connectivity index (χ0v) is 13.6. The lowest BCUT2D eigenvalue weighted by atomic mass is 10.1. The molecule has 1 aliphatic rings. The van der Waals surface area contributed by atoms with Gasteiger partial charge in [0.2, 0.25) is 5.91 Å². The number of hydrogen-bond donors (Lipinski definition) is 2. The molecular weight excluding hydrogens is 318 g/mol. The van der Waals surface area contributed by atoms with E-state index in [-0.39, 0.29) is 11.9 Å². The van der Waals surface area contributed by atoms with E-state index in [9.17, 15) is 4.79 Å². The second kappa shape index (κ2) is 6.59. The van der Waals surface area contributed by atoms with Gasteiger partial charge in [-0.2, -0.15) is 0 Å². The number of hydrogen-bond acceptors (Lipinski definition) is 3. The molecule has 1 atom stereocenters. The van der Waals surface area contributed by atoms with Crippen molar-refractivity contribution in [2.75, 3.05) is 11.4 Å². The SMILES string of the molecule is CC(C)NCc1cc(Br)ccc1N1CCCC1C(N)=O. The molecule has 2 rings (SSSR count). The minimum atomic E-state index is -0.229. The Kier molecular flexibility index (Phi) is 5.05. The summed E-state index contributed by atoms with van der Waals surface area (Å²) < 4.78 is 1.05. The smallest absolute Gasteiger partial charge is 0.240 e. The lowest BCUT2D eigenvalue weighted by Crippen LogP contribution is -2.41. The largest absolute Gasteiger partial charge is 0.368 e. The summed E-state index contributed by atoms with van der Waals surface area (Å²) >= 11 is 3.52. The molecule has 0 bridgehead atoms. The van der Waals surface area contributed by atoms with Crippen LogP contribution >= 0.6 is 15.9 Å². The summed E-state index contributed by atoms with van der Waals surface area (Å²) in [5.41, 5.74) is 7.83. The maximum atomic E-state index is 11.6. The molecule has 1 aromatic carbocycles. The molecule has 0 aromatic heterocycles. The highest BCUT2D eigenvalue weighted by molar-refractivity contribution is 9.10. The van der Waals surface area contributed by atoms with Crippen molar-refractivity contribution in [1.82, 2.24) is 5.32 Å². The van der Waals surface area contributed by atoms with Crippen LogP contribution in [0, 0.1) is 0 Å². The summed E-state index contributed by atoms with van der Waals surface area (Å²) in [5, 5.41) is 3.43. The molecule has 0 radical (unpaired) electrons. The second-order valence-corrected chi connectivity index (χ2v) is 6.48.